The van der Waals surface area contributed by atoms with Gasteiger partial charge in [0.25, 0.3) is 0 Å². The number of hydrogen-bond donors (Lipinski definition) is 0. The van der Waals surface area contributed by atoms with Crippen molar-refractivity contribution in [2.45, 2.75) is 51.0 Å². The van der Waals surface area contributed by atoms with Crippen molar-refractivity contribution in [3.05, 3.63) is 34.5 Å². The molecule has 0 atom stereocenters. The van der Waals surface area contributed by atoms with E-state index in [1.165, 1.54) is 12.3 Å². The first-order valence-electron chi connectivity index (χ1n) is 9.77. The predicted octanol–water partition coefficient (Wildman–Crippen LogP) is 4.25. The van der Waals surface area contributed by atoms with Crippen LogP contribution in [-0.4, -0.2) is 41.2 Å². The van der Waals surface area contributed by atoms with Crippen molar-refractivity contribution in [2.24, 2.45) is 0 Å². The van der Waals surface area contributed by atoms with Crippen LogP contribution in [0.1, 0.15) is 44.0 Å². The molecule has 0 N–H and O–H groups in total. The molecule has 29 heavy (non-hydrogen) atoms. The lowest BCUT2D eigenvalue weighted by molar-refractivity contribution is 0.430. The summed E-state index contributed by atoms with van der Waals surface area (Å²) in [6.07, 6.45) is 3.83. The van der Waals surface area contributed by atoms with Gasteiger partial charge in [-0.25, -0.2) is 18.1 Å². The van der Waals surface area contributed by atoms with E-state index in [-0.39, 0.29) is 10.9 Å². The fraction of sp³-hybridized carbons (Fsp3) is 0.450. The normalized spacial score (nSPS) is 14.2. The average molecular weight is 434 g/mol. The lowest BCUT2D eigenvalue weighted by atomic mass is 10.1. The van der Waals surface area contributed by atoms with Crippen molar-refractivity contribution in [3.63, 3.8) is 0 Å². The minimum atomic E-state index is -3.33. The summed E-state index contributed by atoms with van der Waals surface area (Å²) in [5.41, 5.74) is 4.27. The molecule has 154 valence electrons. The molecule has 1 aliphatic heterocycles. The Morgan fingerprint density at radius 3 is 2.59 bits per heavy atom. The lowest BCUT2D eigenvalue weighted by Crippen LogP contribution is -2.16. The maximum atomic E-state index is 12.0. The first-order valence-corrected chi connectivity index (χ1v) is 12.0. The Kier molecular flexibility index (Phi) is 5.02. The molecule has 0 fully saturated rings. The van der Waals surface area contributed by atoms with Crippen LogP contribution in [0, 0.1) is 6.92 Å². The van der Waals surface area contributed by atoms with Gasteiger partial charge in [-0.2, -0.15) is 0 Å². The first-order chi connectivity index (χ1) is 13.7. The van der Waals surface area contributed by atoms with Crippen LogP contribution in [-0.2, 0) is 16.3 Å². The number of pyridine rings is 1. The number of rotatable bonds is 5. The summed E-state index contributed by atoms with van der Waals surface area (Å²) >= 11 is 6.54. The average Bonchev–Trinajstić information content (AvgIpc) is 3.26. The molecule has 1 aliphatic rings. The standard InChI is InChI=1S/C20H24ClN5O2S/c1-5-14(6-2)26-17-9-12(3)22-20(18(17)23-24-26)25-8-7-13-10-15(29(4,27)28)11-16(21)19(13)25/h9-11,14H,5-8H2,1-4H3. The van der Waals surface area contributed by atoms with Crippen LogP contribution in [0.5, 0.6) is 0 Å². The summed E-state index contributed by atoms with van der Waals surface area (Å²) in [5, 5.41) is 9.28. The molecule has 7 nitrogen and oxygen atoms in total. The van der Waals surface area contributed by atoms with Gasteiger partial charge in [-0.05, 0) is 49.9 Å². The van der Waals surface area contributed by atoms with Crippen LogP contribution in [0.2, 0.25) is 5.02 Å². The summed E-state index contributed by atoms with van der Waals surface area (Å²) in [7, 11) is -3.33. The van der Waals surface area contributed by atoms with Gasteiger partial charge in [0, 0.05) is 18.5 Å². The molecule has 3 aromatic rings. The van der Waals surface area contributed by atoms with E-state index in [2.05, 4.69) is 24.2 Å². The SMILES string of the molecule is CCC(CC)n1nnc2c(N3CCc4cc(S(C)(=O)=O)cc(Cl)c43)nc(C)cc21. The predicted molar refractivity (Wildman–Crippen MR) is 115 cm³/mol. The molecule has 0 spiro atoms. The molecule has 3 heterocycles. The van der Waals surface area contributed by atoms with Crippen molar-refractivity contribution < 1.29 is 8.42 Å². The molecule has 1 aromatic carbocycles. The van der Waals surface area contributed by atoms with Gasteiger partial charge in [0.1, 0.15) is 0 Å². The quantitative estimate of drug-likeness (QED) is 0.598. The molecule has 0 unspecified atom stereocenters. The second kappa shape index (κ2) is 7.25. The van der Waals surface area contributed by atoms with Gasteiger partial charge >= 0.3 is 0 Å². The molecule has 0 bridgehead atoms. The van der Waals surface area contributed by atoms with Crippen LogP contribution < -0.4 is 4.90 Å². The van der Waals surface area contributed by atoms with Gasteiger partial charge in [0.15, 0.2) is 21.2 Å². The van der Waals surface area contributed by atoms with Gasteiger partial charge < -0.3 is 4.90 Å². The summed E-state index contributed by atoms with van der Waals surface area (Å²) < 4.78 is 25.9. The van der Waals surface area contributed by atoms with Crippen molar-refractivity contribution in [1.82, 2.24) is 20.0 Å². The Bertz CT molecular complexity index is 1200. The topological polar surface area (TPSA) is 81.0 Å². The smallest absolute Gasteiger partial charge is 0.175 e. The largest absolute Gasteiger partial charge is 0.323 e. The number of halogens is 1. The number of benzene rings is 1. The highest BCUT2D eigenvalue weighted by Gasteiger charge is 2.29. The second-order valence-corrected chi connectivity index (χ2v) is 9.97. The van der Waals surface area contributed by atoms with E-state index < -0.39 is 9.84 Å². The first kappa shape index (κ1) is 20.1. The van der Waals surface area contributed by atoms with Gasteiger partial charge in [-0.1, -0.05) is 30.7 Å². The minimum Gasteiger partial charge on any atom is -0.323 e. The molecular formula is C20H24ClN5O2S. The zero-order valence-electron chi connectivity index (χ0n) is 17.0. The Labute approximate surface area is 175 Å². The number of aromatic nitrogens is 4. The summed E-state index contributed by atoms with van der Waals surface area (Å²) in [5.74, 6) is 0.713. The second-order valence-electron chi connectivity index (χ2n) is 7.55. The van der Waals surface area contributed by atoms with E-state index in [1.54, 1.807) is 6.07 Å². The zero-order chi connectivity index (χ0) is 20.9. The maximum absolute atomic E-state index is 12.0. The van der Waals surface area contributed by atoms with E-state index in [1.807, 2.05) is 22.6 Å². The summed E-state index contributed by atoms with van der Waals surface area (Å²) in [6, 6.07) is 5.52. The molecular weight excluding hydrogens is 410 g/mol. The Hall–Kier alpha value is -2.19. The number of fused-ring (bicyclic) bond motifs is 2. The van der Waals surface area contributed by atoms with Crippen LogP contribution in [0.25, 0.3) is 11.0 Å². The zero-order valence-corrected chi connectivity index (χ0v) is 18.5. The Morgan fingerprint density at radius 2 is 1.93 bits per heavy atom. The fourth-order valence-corrected chi connectivity index (χ4v) is 5.12. The van der Waals surface area contributed by atoms with Gasteiger partial charge in [-0.15, -0.1) is 5.10 Å². The van der Waals surface area contributed by atoms with Crippen LogP contribution in [0.4, 0.5) is 11.5 Å². The molecule has 2 aromatic heterocycles. The van der Waals surface area contributed by atoms with Crippen LogP contribution >= 0.6 is 11.6 Å². The monoisotopic (exact) mass is 433 g/mol. The van der Waals surface area contributed by atoms with E-state index in [0.29, 0.717) is 23.8 Å². The number of hydrogen-bond acceptors (Lipinski definition) is 6. The van der Waals surface area contributed by atoms with Crippen molar-refractivity contribution in [2.75, 3.05) is 17.7 Å². The van der Waals surface area contributed by atoms with E-state index in [0.717, 1.165) is 40.8 Å². The van der Waals surface area contributed by atoms with E-state index in [4.69, 9.17) is 16.6 Å². The fourth-order valence-electron chi connectivity index (χ4n) is 4.03. The van der Waals surface area contributed by atoms with Crippen LogP contribution in [0.15, 0.2) is 23.1 Å². The van der Waals surface area contributed by atoms with Gasteiger partial charge in [-0.3, -0.25) is 0 Å². The molecule has 0 radical (unpaired) electrons. The Balaban J connectivity index is 1.88. The number of nitrogens with zero attached hydrogens (tertiary/aromatic N) is 5. The van der Waals surface area contributed by atoms with Crippen molar-refractivity contribution >= 4 is 44.0 Å². The molecule has 4 rings (SSSR count). The van der Waals surface area contributed by atoms with Crippen LogP contribution in [0.3, 0.4) is 0 Å². The maximum Gasteiger partial charge on any atom is 0.175 e. The lowest BCUT2D eigenvalue weighted by Gasteiger charge is -2.21. The van der Waals surface area contributed by atoms with Gasteiger partial charge in [0.2, 0.25) is 0 Å². The molecule has 0 amide bonds. The Morgan fingerprint density at radius 1 is 1.21 bits per heavy atom. The summed E-state index contributed by atoms with van der Waals surface area (Å²) in [4.78, 5) is 7.03. The van der Waals surface area contributed by atoms with Crippen molar-refractivity contribution in [3.8, 4) is 0 Å². The molecule has 0 saturated heterocycles. The highest BCUT2D eigenvalue weighted by molar-refractivity contribution is 7.90. The number of aryl methyl sites for hydroxylation is 1. The summed E-state index contributed by atoms with van der Waals surface area (Å²) in [6.45, 7) is 6.91. The van der Waals surface area contributed by atoms with E-state index >= 15 is 0 Å². The van der Waals surface area contributed by atoms with Gasteiger partial charge in [0.05, 0.1) is 27.2 Å². The molecule has 0 aliphatic carbocycles. The van der Waals surface area contributed by atoms with Crippen molar-refractivity contribution in [1.29, 1.82) is 0 Å². The van der Waals surface area contributed by atoms with E-state index in [9.17, 15) is 8.42 Å². The third-order valence-corrected chi connectivity index (χ3v) is 6.91. The molecule has 9 heteroatoms. The number of sulfone groups is 1. The number of anilines is 2. The minimum absolute atomic E-state index is 0.241. The molecule has 0 saturated carbocycles. The highest BCUT2D eigenvalue weighted by Crippen LogP contribution is 2.42. The highest BCUT2D eigenvalue weighted by atomic mass is 35.5. The third-order valence-electron chi connectivity index (χ3n) is 5.53. The third kappa shape index (κ3) is 3.38.